The Bertz CT molecular complexity index is 496. The zero-order valence-electron chi connectivity index (χ0n) is 13.4. The van der Waals surface area contributed by atoms with Crippen LogP contribution < -0.4 is 0 Å². The number of rotatable bonds is 4. The molecule has 122 valence electrons. The van der Waals surface area contributed by atoms with E-state index in [2.05, 4.69) is 23.1 Å². The van der Waals surface area contributed by atoms with Crippen molar-refractivity contribution in [3.05, 3.63) is 18.0 Å². The number of aromatic nitrogens is 2. The fourth-order valence-electron chi connectivity index (χ4n) is 3.26. The van der Waals surface area contributed by atoms with E-state index in [4.69, 9.17) is 4.74 Å². The first-order valence-corrected chi connectivity index (χ1v) is 8.36. The molecule has 1 aromatic heterocycles. The SMILES string of the molecule is CCn1cc(CN2CCCN(C(=O)[C@@H]3CCOC3)CC2)cn1. The maximum Gasteiger partial charge on any atom is 0.228 e. The highest BCUT2D eigenvalue weighted by Gasteiger charge is 2.29. The summed E-state index contributed by atoms with van der Waals surface area (Å²) in [6, 6.07) is 0. The van der Waals surface area contributed by atoms with Crippen molar-refractivity contribution in [2.24, 2.45) is 5.92 Å². The van der Waals surface area contributed by atoms with Gasteiger partial charge < -0.3 is 9.64 Å². The van der Waals surface area contributed by atoms with E-state index in [0.29, 0.717) is 6.61 Å². The standard InChI is InChI=1S/C16H26N4O2/c1-2-20-12-14(10-17-20)11-18-5-3-6-19(8-7-18)16(21)15-4-9-22-13-15/h10,12,15H,2-9,11,13H2,1H3/t15-/m1/s1. The van der Waals surface area contributed by atoms with E-state index >= 15 is 0 Å². The van der Waals surface area contributed by atoms with Crippen LogP contribution in [0.5, 0.6) is 0 Å². The monoisotopic (exact) mass is 306 g/mol. The lowest BCUT2D eigenvalue weighted by molar-refractivity contribution is -0.135. The number of hydrogen-bond acceptors (Lipinski definition) is 4. The van der Waals surface area contributed by atoms with E-state index in [1.54, 1.807) is 0 Å². The van der Waals surface area contributed by atoms with Gasteiger partial charge in [-0.1, -0.05) is 0 Å². The molecule has 0 spiro atoms. The van der Waals surface area contributed by atoms with E-state index < -0.39 is 0 Å². The van der Waals surface area contributed by atoms with Gasteiger partial charge in [-0.25, -0.2) is 0 Å². The van der Waals surface area contributed by atoms with Gasteiger partial charge in [-0.15, -0.1) is 0 Å². The Hall–Kier alpha value is -1.40. The second-order valence-corrected chi connectivity index (χ2v) is 6.22. The highest BCUT2D eigenvalue weighted by molar-refractivity contribution is 5.79. The molecule has 2 aliphatic heterocycles. The zero-order valence-corrected chi connectivity index (χ0v) is 13.4. The normalized spacial score (nSPS) is 23.7. The smallest absolute Gasteiger partial charge is 0.228 e. The van der Waals surface area contributed by atoms with Crippen LogP contribution in [0.25, 0.3) is 0 Å². The van der Waals surface area contributed by atoms with Crippen molar-refractivity contribution >= 4 is 5.91 Å². The average Bonchev–Trinajstić information content (AvgIpc) is 3.16. The van der Waals surface area contributed by atoms with Crippen molar-refractivity contribution < 1.29 is 9.53 Å². The number of amides is 1. The molecular weight excluding hydrogens is 280 g/mol. The van der Waals surface area contributed by atoms with Crippen molar-refractivity contribution in [2.45, 2.75) is 32.9 Å². The molecule has 3 heterocycles. The van der Waals surface area contributed by atoms with Crippen LogP contribution in [0.3, 0.4) is 0 Å². The van der Waals surface area contributed by atoms with Crippen molar-refractivity contribution in [3.63, 3.8) is 0 Å². The largest absolute Gasteiger partial charge is 0.381 e. The maximum absolute atomic E-state index is 12.5. The molecule has 2 fully saturated rings. The number of carbonyl (C=O) groups is 1. The second kappa shape index (κ2) is 7.24. The summed E-state index contributed by atoms with van der Waals surface area (Å²) in [6.07, 6.45) is 5.99. The van der Waals surface area contributed by atoms with Gasteiger partial charge in [0.1, 0.15) is 0 Å². The predicted molar refractivity (Wildman–Crippen MR) is 83.3 cm³/mol. The number of aryl methyl sites for hydroxylation is 1. The molecular formula is C16H26N4O2. The molecule has 3 rings (SSSR count). The fourth-order valence-corrected chi connectivity index (χ4v) is 3.26. The summed E-state index contributed by atoms with van der Waals surface area (Å²) < 4.78 is 7.31. The maximum atomic E-state index is 12.5. The van der Waals surface area contributed by atoms with Crippen molar-refractivity contribution in [1.82, 2.24) is 19.6 Å². The molecule has 6 nitrogen and oxygen atoms in total. The Kier molecular flexibility index (Phi) is 5.10. The molecule has 0 unspecified atom stereocenters. The lowest BCUT2D eigenvalue weighted by Crippen LogP contribution is -2.39. The summed E-state index contributed by atoms with van der Waals surface area (Å²) in [5.74, 6) is 0.382. The minimum atomic E-state index is 0.0920. The van der Waals surface area contributed by atoms with Crippen LogP contribution in [-0.4, -0.2) is 64.9 Å². The third-order valence-corrected chi connectivity index (χ3v) is 4.60. The zero-order chi connectivity index (χ0) is 15.4. The molecule has 1 amide bonds. The summed E-state index contributed by atoms with van der Waals surface area (Å²) in [4.78, 5) is 16.9. The molecule has 6 heteroatoms. The summed E-state index contributed by atoms with van der Waals surface area (Å²) in [5.41, 5.74) is 1.26. The Morgan fingerprint density at radius 1 is 1.36 bits per heavy atom. The summed E-state index contributed by atoms with van der Waals surface area (Å²) in [7, 11) is 0. The van der Waals surface area contributed by atoms with E-state index in [1.165, 1.54) is 5.56 Å². The second-order valence-electron chi connectivity index (χ2n) is 6.22. The van der Waals surface area contributed by atoms with Crippen LogP contribution in [0.15, 0.2) is 12.4 Å². The highest BCUT2D eigenvalue weighted by atomic mass is 16.5. The van der Waals surface area contributed by atoms with Gasteiger partial charge in [0.05, 0.1) is 18.7 Å². The van der Waals surface area contributed by atoms with Crippen molar-refractivity contribution in [1.29, 1.82) is 0 Å². The molecule has 2 saturated heterocycles. The summed E-state index contributed by atoms with van der Waals surface area (Å²) in [6.45, 7) is 8.96. The van der Waals surface area contributed by atoms with Gasteiger partial charge in [-0.05, 0) is 19.8 Å². The number of ether oxygens (including phenoxy) is 1. The van der Waals surface area contributed by atoms with Crippen LogP contribution in [0, 0.1) is 5.92 Å². The van der Waals surface area contributed by atoms with Gasteiger partial charge in [-0.2, -0.15) is 5.10 Å². The van der Waals surface area contributed by atoms with Gasteiger partial charge in [0.15, 0.2) is 0 Å². The van der Waals surface area contributed by atoms with E-state index in [9.17, 15) is 4.79 Å². The van der Waals surface area contributed by atoms with E-state index in [1.807, 2.05) is 15.8 Å². The molecule has 0 aromatic carbocycles. The van der Waals surface area contributed by atoms with Crippen molar-refractivity contribution in [3.8, 4) is 0 Å². The Balaban J connectivity index is 1.52. The lowest BCUT2D eigenvalue weighted by Gasteiger charge is -2.24. The number of carbonyl (C=O) groups excluding carboxylic acids is 1. The van der Waals surface area contributed by atoms with Crippen LogP contribution in [0.4, 0.5) is 0 Å². The number of hydrogen-bond donors (Lipinski definition) is 0. The van der Waals surface area contributed by atoms with Crippen LogP contribution in [0.2, 0.25) is 0 Å². The molecule has 0 bridgehead atoms. The van der Waals surface area contributed by atoms with Gasteiger partial charge in [0.25, 0.3) is 0 Å². The Morgan fingerprint density at radius 2 is 2.27 bits per heavy atom. The van der Waals surface area contributed by atoms with Crippen LogP contribution in [-0.2, 0) is 22.6 Å². The average molecular weight is 306 g/mol. The Morgan fingerprint density at radius 3 is 3.00 bits per heavy atom. The van der Waals surface area contributed by atoms with Gasteiger partial charge in [0, 0.05) is 57.6 Å². The molecule has 1 atom stereocenters. The molecule has 0 aliphatic carbocycles. The molecule has 0 N–H and O–H groups in total. The molecule has 0 radical (unpaired) electrons. The third-order valence-electron chi connectivity index (χ3n) is 4.60. The highest BCUT2D eigenvalue weighted by Crippen LogP contribution is 2.17. The van der Waals surface area contributed by atoms with Crippen LogP contribution in [0.1, 0.15) is 25.3 Å². The van der Waals surface area contributed by atoms with Gasteiger partial charge >= 0.3 is 0 Å². The molecule has 2 aliphatic rings. The first kappa shape index (κ1) is 15.5. The molecule has 22 heavy (non-hydrogen) atoms. The molecule has 1 aromatic rings. The van der Waals surface area contributed by atoms with E-state index in [0.717, 1.165) is 58.7 Å². The lowest BCUT2D eigenvalue weighted by atomic mass is 10.1. The topological polar surface area (TPSA) is 50.6 Å². The minimum absolute atomic E-state index is 0.0920. The first-order valence-electron chi connectivity index (χ1n) is 8.36. The van der Waals surface area contributed by atoms with Crippen LogP contribution >= 0.6 is 0 Å². The molecule has 0 saturated carbocycles. The quantitative estimate of drug-likeness (QED) is 0.832. The van der Waals surface area contributed by atoms with E-state index in [-0.39, 0.29) is 11.8 Å². The predicted octanol–water partition coefficient (Wildman–Crippen LogP) is 0.974. The minimum Gasteiger partial charge on any atom is -0.381 e. The van der Waals surface area contributed by atoms with Gasteiger partial charge in [0.2, 0.25) is 5.91 Å². The third kappa shape index (κ3) is 3.67. The summed E-state index contributed by atoms with van der Waals surface area (Å²) in [5, 5.41) is 4.33. The van der Waals surface area contributed by atoms with Crippen molar-refractivity contribution in [2.75, 3.05) is 39.4 Å². The number of nitrogens with zero attached hydrogens (tertiary/aromatic N) is 4. The fraction of sp³-hybridized carbons (Fsp3) is 0.750. The summed E-state index contributed by atoms with van der Waals surface area (Å²) >= 11 is 0. The van der Waals surface area contributed by atoms with Gasteiger partial charge in [-0.3, -0.25) is 14.4 Å². The Labute approximate surface area is 132 Å². The first-order chi connectivity index (χ1) is 10.8.